The fraction of sp³-hybridized carbons (Fsp3) is 1.00. The van der Waals surface area contributed by atoms with Gasteiger partial charge in [0.25, 0.3) is 0 Å². The van der Waals surface area contributed by atoms with E-state index in [-0.39, 0.29) is 5.60 Å². The number of hydrogen-bond donors (Lipinski definition) is 1. The van der Waals surface area contributed by atoms with E-state index in [4.69, 9.17) is 4.74 Å². The van der Waals surface area contributed by atoms with Crippen LogP contribution >= 0.6 is 0 Å². The minimum absolute atomic E-state index is 0.0415. The molecule has 98 valence electrons. The number of ether oxygens (including phenoxy) is 1. The van der Waals surface area contributed by atoms with Gasteiger partial charge in [0.1, 0.15) is 0 Å². The standard InChI is InChI=1S/C14H31NO/c1-6-8-9-10-11-13(3)16-14(4,5)12-15-7-2/h13,15H,6-12H2,1-5H3. The second-order valence-electron chi connectivity index (χ2n) is 5.32. The monoisotopic (exact) mass is 229 g/mol. The highest BCUT2D eigenvalue weighted by atomic mass is 16.5. The Kier molecular flexibility index (Phi) is 8.96. The maximum atomic E-state index is 6.06. The highest BCUT2D eigenvalue weighted by Gasteiger charge is 2.20. The molecule has 0 fully saturated rings. The third kappa shape index (κ3) is 9.17. The molecular formula is C14H31NO. The van der Waals surface area contributed by atoms with Crippen LogP contribution in [0.1, 0.15) is 66.7 Å². The SMILES string of the molecule is CCCCCCC(C)OC(C)(C)CNCC. The molecule has 0 bridgehead atoms. The van der Waals surface area contributed by atoms with Crippen molar-refractivity contribution in [3.63, 3.8) is 0 Å². The zero-order chi connectivity index (χ0) is 12.4. The summed E-state index contributed by atoms with van der Waals surface area (Å²) in [6, 6.07) is 0. The lowest BCUT2D eigenvalue weighted by Crippen LogP contribution is -2.39. The molecule has 0 aliphatic rings. The molecule has 0 heterocycles. The molecule has 0 aliphatic heterocycles. The van der Waals surface area contributed by atoms with Gasteiger partial charge in [0.15, 0.2) is 0 Å². The van der Waals surface area contributed by atoms with Gasteiger partial charge in [-0.25, -0.2) is 0 Å². The van der Waals surface area contributed by atoms with E-state index in [0.717, 1.165) is 13.1 Å². The smallest absolute Gasteiger partial charge is 0.0753 e. The van der Waals surface area contributed by atoms with Gasteiger partial charge < -0.3 is 10.1 Å². The number of nitrogens with one attached hydrogen (secondary N) is 1. The van der Waals surface area contributed by atoms with E-state index in [1.807, 2.05) is 0 Å². The zero-order valence-electron chi connectivity index (χ0n) is 11.9. The Bertz CT molecular complexity index is 157. The molecule has 2 nitrogen and oxygen atoms in total. The molecule has 0 spiro atoms. The van der Waals surface area contributed by atoms with Gasteiger partial charge in [-0.05, 0) is 33.7 Å². The fourth-order valence-corrected chi connectivity index (χ4v) is 1.93. The van der Waals surface area contributed by atoms with Crippen LogP contribution in [0.5, 0.6) is 0 Å². The molecule has 0 aliphatic carbocycles. The van der Waals surface area contributed by atoms with Crippen LogP contribution in [0.2, 0.25) is 0 Å². The summed E-state index contributed by atoms with van der Waals surface area (Å²) < 4.78 is 6.06. The van der Waals surface area contributed by atoms with E-state index >= 15 is 0 Å². The summed E-state index contributed by atoms with van der Waals surface area (Å²) in [5, 5.41) is 3.35. The van der Waals surface area contributed by atoms with Crippen molar-refractivity contribution in [1.29, 1.82) is 0 Å². The van der Waals surface area contributed by atoms with Crippen molar-refractivity contribution in [2.24, 2.45) is 0 Å². The average Bonchev–Trinajstić information content (AvgIpc) is 2.21. The Hall–Kier alpha value is -0.0800. The first-order valence-electron chi connectivity index (χ1n) is 6.90. The molecule has 16 heavy (non-hydrogen) atoms. The summed E-state index contributed by atoms with van der Waals surface area (Å²) in [7, 11) is 0. The lowest BCUT2D eigenvalue weighted by Gasteiger charge is -2.29. The van der Waals surface area contributed by atoms with Crippen molar-refractivity contribution < 1.29 is 4.74 Å². The summed E-state index contributed by atoms with van der Waals surface area (Å²) in [5.74, 6) is 0. The summed E-state index contributed by atoms with van der Waals surface area (Å²) in [6.45, 7) is 12.8. The van der Waals surface area contributed by atoms with E-state index in [0.29, 0.717) is 6.10 Å². The van der Waals surface area contributed by atoms with Crippen LogP contribution in [-0.2, 0) is 4.74 Å². The van der Waals surface area contributed by atoms with Crippen LogP contribution in [-0.4, -0.2) is 24.8 Å². The molecular weight excluding hydrogens is 198 g/mol. The van der Waals surface area contributed by atoms with Crippen LogP contribution in [0.15, 0.2) is 0 Å². The van der Waals surface area contributed by atoms with Crippen molar-refractivity contribution in [2.45, 2.75) is 78.4 Å². The maximum absolute atomic E-state index is 6.06. The van der Waals surface area contributed by atoms with Gasteiger partial charge in [0.05, 0.1) is 11.7 Å². The lowest BCUT2D eigenvalue weighted by molar-refractivity contribution is -0.0651. The van der Waals surface area contributed by atoms with Crippen LogP contribution in [0.4, 0.5) is 0 Å². The highest BCUT2D eigenvalue weighted by molar-refractivity contribution is 4.73. The third-order valence-electron chi connectivity index (χ3n) is 2.79. The molecule has 0 amide bonds. The van der Waals surface area contributed by atoms with Crippen LogP contribution in [0, 0.1) is 0 Å². The molecule has 0 aromatic rings. The third-order valence-corrected chi connectivity index (χ3v) is 2.79. The van der Waals surface area contributed by atoms with Gasteiger partial charge in [0.2, 0.25) is 0 Å². The van der Waals surface area contributed by atoms with E-state index in [1.54, 1.807) is 0 Å². The first kappa shape index (κ1) is 15.9. The summed E-state index contributed by atoms with van der Waals surface area (Å²) in [6.07, 6.45) is 6.87. The van der Waals surface area contributed by atoms with Crippen LogP contribution in [0.3, 0.4) is 0 Å². The quantitative estimate of drug-likeness (QED) is 0.576. The topological polar surface area (TPSA) is 21.3 Å². The Morgan fingerprint density at radius 1 is 1.12 bits per heavy atom. The number of likely N-dealkylation sites (N-methyl/N-ethyl adjacent to an activating group) is 1. The fourth-order valence-electron chi connectivity index (χ4n) is 1.93. The molecule has 2 heteroatoms. The predicted octanol–water partition coefficient (Wildman–Crippen LogP) is 3.75. The van der Waals surface area contributed by atoms with E-state index in [2.05, 4.69) is 39.9 Å². The molecule has 1 atom stereocenters. The van der Waals surface area contributed by atoms with Crippen LogP contribution in [0.25, 0.3) is 0 Å². The van der Waals surface area contributed by atoms with Gasteiger partial charge in [-0.15, -0.1) is 0 Å². The first-order valence-corrected chi connectivity index (χ1v) is 6.90. The molecule has 0 aromatic heterocycles. The Morgan fingerprint density at radius 3 is 2.38 bits per heavy atom. The van der Waals surface area contributed by atoms with Gasteiger partial charge in [-0.2, -0.15) is 0 Å². The minimum Gasteiger partial charge on any atom is -0.371 e. The molecule has 0 rings (SSSR count). The van der Waals surface area contributed by atoms with Gasteiger partial charge in [-0.3, -0.25) is 0 Å². The molecule has 0 radical (unpaired) electrons. The molecule has 0 saturated carbocycles. The van der Waals surface area contributed by atoms with Gasteiger partial charge in [-0.1, -0.05) is 39.5 Å². The zero-order valence-corrected chi connectivity index (χ0v) is 11.9. The lowest BCUT2D eigenvalue weighted by atomic mass is 10.1. The van der Waals surface area contributed by atoms with Crippen molar-refractivity contribution in [3.05, 3.63) is 0 Å². The second kappa shape index (κ2) is 9.00. The van der Waals surface area contributed by atoms with E-state index in [1.165, 1.54) is 32.1 Å². The normalized spacial score (nSPS) is 14.1. The number of hydrogen-bond acceptors (Lipinski definition) is 2. The Balaban J connectivity index is 3.63. The largest absolute Gasteiger partial charge is 0.371 e. The molecule has 0 saturated heterocycles. The van der Waals surface area contributed by atoms with E-state index in [9.17, 15) is 0 Å². The highest BCUT2D eigenvalue weighted by Crippen LogP contribution is 2.15. The van der Waals surface area contributed by atoms with Crippen molar-refractivity contribution in [1.82, 2.24) is 5.32 Å². The summed E-state index contributed by atoms with van der Waals surface area (Å²) >= 11 is 0. The van der Waals surface area contributed by atoms with Gasteiger partial charge in [0, 0.05) is 6.54 Å². The predicted molar refractivity (Wildman–Crippen MR) is 71.9 cm³/mol. The van der Waals surface area contributed by atoms with Crippen molar-refractivity contribution >= 4 is 0 Å². The number of rotatable bonds is 10. The summed E-state index contributed by atoms with van der Waals surface area (Å²) in [5.41, 5.74) is -0.0415. The van der Waals surface area contributed by atoms with Crippen molar-refractivity contribution in [3.8, 4) is 0 Å². The summed E-state index contributed by atoms with van der Waals surface area (Å²) in [4.78, 5) is 0. The molecule has 1 unspecified atom stereocenters. The Morgan fingerprint density at radius 2 is 1.81 bits per heavy atom. The molecule has 0 aromatic carbocycles. The number of unbranched alkanes of at least 4 members (excludes halogenated alkanes) is 3. The maximum Gasteiger partial charge on any atom is 0.0753 e. The minimum atomic E-state index is -0.0415. The Labute approximate surface area is 102 Å². The average molecular weight is 229 g/mol. The van der Waals surface area contributed by atoms with Crippen molar-refractivity contribution in [2.75, 3.05) is 13.1 Å². The van der Waals surface area contributed by atoms with Gasteiger partial charge >= 0.3 is 0 Å². The molecule has 1 N–H and O–H groups in total. The second-order valence-corrected chi connectivity index (χ2v) is 5.32. The van der Waals surface area contributed by atoms with E-state index < -0.39 is 0 Å². The van der Waals surface area contributed by atoms with Crippen LogP contribution < -0.4 is 5.32 Å². The first-order chi connectivity index (χ1) is 7.52.